The van der Waals surface area contributed by atoms with E-state index in [0.717, 1.165) is 19.4 Å². The van der Waals surface area contributed by atoms with E-state index in [4.69, 9.17) is 5.73 Å². The molecule has 0 heterocycles. The maximum absolute atomic E-state index is 11.7. The van der Waals surface area contributed by atoms with Gasteiger partial charge in [0.05, 0.1) is 6.04 Å². The van der Waals surface area contributed by atoms with Crippen molar-refractivity contribution in [3.05, 3.63) is 30.3 Å². The molecule has 0 unspecified atom stereocenters. The van der Waals surface area contributed by atoms with E-state index in [-0.39, 0.29) is 11.9 Å². The van der Waals surface area contributed by atoms with Crippen LogP contribution in [0.3, 0.4) is 0 Å². The molecule has 0 saturated heterocycles. The fourth-order valence-corrected chi connectivity index (χ4v) is 2.09. The number of benzene rings is 1. The lowest BCUT2D eigenvalue weighted by Crippen LogP contribution is -2.42. The van der Waals surface area contributed by atoms with E-state index in [1.54, 1.807) is 0 Å². The van der Waals surface area contributed by atoms with Crippen molar-refractivity contribution in [2.24, 2.45) is 11.7 Å². The number of nitrogens with zero attached hydrogens (tertiary/aromatic N) is 1. The van der Waals surface area contributed by atoms with Crippen LogP contribution in [0, 0.1) is 5.92 Å². The molecule has 0 aromatic heterocycles. The van der Waals surface area contributed by atoms with Gasteiger partial charge in [0, 0.05) is 25.8 Å². The average Bonchev–Trinajstić information content (AvgIpc) is 2.43. The molecule has 1 rings (SSSR count). The summed E-state index contributed by atoms with van der Waals surface area (Å²) in [6.07, 6.45) is 1.64. The van der Waals surface area contributed by atoms with E-state index in [1.165, 1.54) is 5.69 Å². The lowest BCUT2D eigenvalue weighted by molar-refractivity contribution is -0.122. The quantitative estimate of drug-likeness (QED) is 0.715. The summed E-state index contributed by atoms with van der Waals surface area (Å²) in [6, 6.07) is 9.83. The van der Waals surface area contributed by atoms with Gasteiger partial charge in [-0.3, -0.25) is 4.79 Å². The maximum Gasteiger partial charge on any atom is 0.236 e. The van der Waals surface area contributed by atoms with Crippen molar-refractivity contribution in [1.29, 1.82) is 0 Å². The minimum Gasteiger partial charge on any atom is -0.375 e. The summed E-state index contributed by atoms with van der Waals surface area (Å²) in [5, 5.41) is 2.90. The average molecular weight is 277 g/mol. The number of para-hydroxylation sites is 1. The van der Waals surface area contributed by atoms with E-state index in [2.05, 4.69) is 43.2 Å². The smallest absolute Gasteiger partial charge is 0.236 e. The summed E-state index contributed by atoms with van der Waals surface area (Å²) in [6.45, 7) is 5.72. The number of nitrogens with one attached hydrogen (secondary N) is 1. The number of carbonyl (C=O) groups excluding carboxylic acids is 1. The highest BCUT2D eigenvalue weighted by molar-refractivity contribution is 5.81. The van der Waals surface area contributed by atoms with Crippen molar-refractivity contribution < 1.29 is 4.79 Å². The monoisotopic (exact) mass is 277 g/mol. The predicted octanol–water partition coefficient (Wildman–Crippen LogP) is 2.00. The Kier molecular flexibility index (Phi) is 7.09. The Morgan fingerprint density at radius 1 is 1.30 bits per heavy atom. The first-order chi connectivity index (χ1) is 9.50. The van der Waals surface area contributed by atoms with Gasteiger partial charge in [0.2, 0.25) is 5.91 Å². The second-order valence-electron chi connectivity index (χ2n) is 5.64. The highest BCUT2D eigenvalue weighted by Gasteiger charge is 2.13. The van der Waals surface area contributed by atoms with Crippen LogP contribution in [0.5, 0.6) is 0 Å². The van der Waals surface area contributed by atoms with Crippen molar-refractivity contribution >= 4 is 11.6 Å². The van der Waals surface area contributed by atoms with Gasteiger partial charge in [-0.15, -0.1) is 0 Å². The summed E-state index contributed by atoms with van der Waals surface area (Å²) < 4.78 is 0. The molecule has 3 N–H and O–H groups in total. The van der Waals surface area contributed by atoms with Crippen LogP contribution in [0.15, 0.2) is 30.3 Å². The van der Waals surface area contributed by atoms with Crippen LogP contribution in [0.2, 0.25) is 0 Å². The number of rotatable bonds is 8. The first-order valence-corrected chi connectivity index (χ1v) is 7.30. The predicted molar refractivity (Wildman–Crippen MR) is 84.8 cm³/mol. The van der Waals surface area contributed by atoms with E-state index in [0.29, 0.717) is 12.5 Å². The Morgan fingerprint density at radius 3 is 2.55 bits per heavy atom. The molecule has 0 saturated carbocycles. The molecule has 20 heavy (non-hydrogen) atoms. The van der Waals surface area contributed by atoms with Crippen molar-refractivity contribution in [3.8, 4) is 0 Å². The second kappa shape index (κ2) is 8.59. The number of hydrogen-bond donors (Lipinski definition) is 2. The minimum atomic E-state index is -0.387. The minimum absolute atomic E-state index is 0.0407. The van der Waals surface area contributed by atoms with Gasteiger partial charge in [0.1, 0.15) is 0 Å². The molecule has 0 radical (unpaired) electrons. The molecule has 4 nitrogen and oxygen atoms in total. The van der Waals surface area contributed by atoms with Gasteiger partial charge < -0.3 is 16.0 Å². The zero-order chi connectivity index (χ0) is 15.0. The summed E-state index contributed by atoms with van der Waals surface area (Å²) in [4.78, 5) is 13.9. The molecule has 0 spiro atoms. The molecule has 0 fully saturated rings. The highest BCUT2D eigenvalue weighted by Crippen LogP contribution is 2.10. The van der Waals surface area contributed by atoms with Crippen molar-refractivity contribution in [1.82, 2.24) is 5.32 Å². The molecular weight excluding hydrogens is 250 g/mol. The van der Waals surface area contributed by atoms with Crippen LogP contribution in [-0.4, -0.2) is 32.1 Å². The molecule has 4 heteroatoms. The Morgan fingerprint density at radius 2 is 1.95 bits per heavy atom. The molecule has 1 aromatic carbocycles. The number of hydrogen-bond acceptors (Lipinski definition) is 3. The van der Waals surface area contributed by atoms with Gasteiger partial charge in [-0.05, 0) is 30.9 Å². The van der Waals surface area contributed by atoms with E-state index < -0.39 is 0 Å². The van der Waals surface area contributed by atoms with Crippen LogP contribution in [0.25, 0.3) is 0 Å². The lowest BCUT2D eigenvalue weighted by atomic mass is 10.0. The Labute approximate surface area is 122 Å². The van der Waals surface area contributed by atoms with Crippen LogP contribution >= 0.6 is 0 Å². The third-order valence-corrected chi connectivity index (χ3v) is 3.23. The third-order valence-electron chi connectivity index (χ3n) is 3.23. The van der Waals surface area contributed by atoms with Gasteiger partial charge in [-0.1, -0.05) is 32.0 Å². The molecule has 112 valence electrons. The first kappa shape index (κ1) is 16.5. The summed E-state index contributed by atoms with van der Waals surface area (Å²) >= 11 is 0. The lowest BCUT2D eigenvalue weighted by Gasteiger charge is -2.19. The first-order valence-electron chi connectivity index (χ1n) is 7.30. The zero-order valence-electron chi connectivity index (χ0n) is 12.8. The van der Waals surface area contributed by atoms with E-state index in [9.17, 15) is 4.79 Å². The summed E-state index contributed by atoms with van der Waals surface area (Å²) in [5.74, 6) is 0.404. The Hall–Kier alpha value is -1.55. The molecule has 1 aromatic rings. The molecule has 1 atom stereocenters. The number of amides is 1. The summed E-state index contributed by atoms with van der Waals surface area (Å²) in [7, 11) is 2.06. The maximum atomic E-state index is 11.7. The van der Waals surface area contributed by atoms with Gasteiger partial charge in [-0.25, -0.2) is 0 Å². The Balaban J connectivity index is 2.20. The molecular formula is C16H27N3O. The van der Waals surface area contributed by atoms with Crippen LogP contribution in [-0.2, 0) is 4.79 Å². The summed E-state index contributed by atoms with van der Waals surface area (Å²) in [5.41, 5.74) is 7.02. The molecule has 0 aliphatic rings. The van der Waals surface area contributed by atoms with Gasteiger partial charge in [-0.2, -0.15) is 0 Å². The van der Waals surface area contributed by atoms with Crippen molar-refractivity contribution in [3.63, 3.8) is 0 Å². The normalized spacial score (nSPS) is 12.2. The molecule has 0 aliphatic heterocycles. The SMILES string of the molecule is CC(C)C[C@H](N)C(=O)NCCCN(C)c1ccccc1. The van der Waals surface area contributed by atoms with Crippen LogP contribution in [0.1, 0.15) is 26.7 Å². The standard InChI is InChI=1S/C16H27N3O/c1-13(2)12-15(17)16(20)18-10-7-11-19(3)14-8-5-4-6-9-14/h4-6,8-9,13,15H,7,10-12,17H2,1-3H3,(H,18,20)/t15-/m0/s1. The van der Waals surface area contributed by atoms with Gasteiger partial charge in [0.15, 0.2) is 0 Å². The van der Waals surface area contributed by atoms with Gasteiger partial charge in [0.25, 0.3) is 0 Å². The second-order valence-corrected chi connectivity index (χ2v) is 5.64. The fourth-order valence-electron chi connectivity index (χ4n) is 2.09. The van der Waals surface area contributed by atoms with E-state index >= 15 is 0 Å². The van der Waals surface area contributed by atoms with Crippen molar-refractivity contribution in [2.45, 2.75) is 32.7 Å². The molecule has 1 amide bonds. The number of nitrogens with two attached hydrogens (primary N) is 1. The van der Waals surface area contributed by atoms with E-state index in [1.807, 2.05) is 18.2 Å². The van der Waals surface area contributed by atoms with Crippen LogP contribution in [0.4, 0.5) is 5.69 Å². The van der Waals surface area contributed by atoms with Gasteiger partial charge >= 0.3 is 0 Å². The zero-order valence-corrected chi connectivity index (χ0v) is 12.8. The largest absolute Gasteiger partial charge is 0.375 e. The third kappa shape index (κ3) is 6.06. The fraction of sp³-hybridized carbons (Fsp3) is 0.562. The Bertz CT molecular complexity index is 392. The number of anilines is 1. The van der Waals surface area contributed by atoms with Crippen molar-refractivity contribution in [2.75, 3.05) is 25.0 Å². The van der Waals surface area contributed by atoms with Crippen LogP contribution < -0.4 is 16.0 Å². The molecule has 0 aliphatic carbocycles. The molecule has 0 bridgehead atoms. The topological polar surface area (TPSA) is 58.4 Å². The number of carbonyl (C=O) groups is 1. The highest BCUT2D eigenvalue weighted by atomic mass is 16.2.